The van der Waals surface area contributed by atoms with Crippen LogP contribution in [0, 0.1) is 0 Å². The number of morpholine rings is 1. The Bertz CT molecular complexity index is 864. The van der Waals surface area contributed by atoms with Gasteiger partial charge in [-0.2, -0.15) is 0 Å². The molecule has 1 atom stereocenters. The van der Waals surface area contributed by atoms with Gasteiger partial charge >= 0.3 is 0 Å². The van der Waals surface area contributed by atoms with Gasteiger partial charge in [0.15, 0.2) is 0 Å². The van der Waals surface area contributed by atoms with E-state index < -0.39 is 0 Å². The van der Waals surface area contributed by atoms with Crippen molar-refractivity contribution >= 4 is 11.8 Å². The fourth-order valence-electron chi connectivity index (χ4n) is 3.56. The van der Waals surface area contributed by atoms with Gasteiger partial charge in [0, 0.05) is 44.4 Å². The molecule has 2 amide bonds. The van der Waals surface area contributed by atoms with Gasteiger partial charge in [-0.3, -0.25) is 9.59 Å². The Balaban J connectivity index is 1.64. The number of nitrogens with one attached hydrogen (secondary N) is 3. The van der Waals surface area contributed by atoms with Crippen LogP contribution in [0.3, 0.4) is 0 Å². The molecule has 0 bridgehead atoms. The van der Waals surface area contributed by atoms with E-state index in [9.17, 15) is 9.59 Å². The molecule has 0 aliphatic carbocycles. The smallest absolute Gasteiger partial charge is 0.269 e. The number of pyridine rings is 1. The first-order chi connectivity index (χ1) is 14.5. The summed E-state index contributed by atoms with van der Waals surface area (Å²) in [5.41, 5.74) is 2.25. The van der Waals surface area contributed by atoms with Crippen molar-refractivity contribution in [1.82, 2.24) is 20.9 Å². The predicted octanol–water partition coefficient (Wildman–Crippen LogP) is 1.92. The molecule has 1 aromatic heterocycles. The van der Waals surface area contributed by atoms with Crippen LogP contribution in [0.5, 0.6) is 0 Å². The molecule has 1 aliphatic heterocycles. The molecule has 160 valence electrons. The summed E-state index contributed by atoms with van der Waals surface area (Å²) in [7, 11) is 1.55. The molecule has 0 radical (unpaired) electrons. The third-order valence-corrected chi connectivity index (χ3v) is 5.22. The van der Waals surface area contributed by atoms with Crippen molar-refractivity contribution in [3.05, 3.63) is 65.0 Å². The third-order valence-electron chi connectivity index (χ3n) is 5.22. The maximum atomic E-state index is 12.7. The minimum Gasteiger partial charge on any atom is -0.373 e. The van der Waals surface area contributed by atoms with Crippen molar-refractivity contribution in [1.29, 1.82) is 0 Å². The Hall–Kier alpha value is -2.77. The van der Waals surface area contributed by atoms with Crippen LogP contribution in [-0.4, -0.2) is 55.7 Å². The molecule has 1 fully saturated rings. The molecule has 1 aromatic carbocycles. The Labute approximate surface area is 177 Å². The van der Waals surface area contributed by atoms with E-state index in [1.807, 2.05) is 30.3 Å². The zero-order valence-corrected chi connectivity index (χ0v) is 17.7. The van der Waals surface area contributed by atoms with Crippen LogP contribution >= 0.6 is 0 Å². The zero-order chi connectivity index (χ0) is 21.4. The second kappa shape index (κ2) is 10.3. The molecule has 0 spiro atoms. The van der Waals surface area contributed by atoms with Gasteiger partial charge in [-0.15, -0.1) is 0 Å². The molecule has 30 heavy (non-hydrogen) atoms. The third kappa shape index (κ3) is 6.11. The summed E-state index contributed by atoms with van der Waals surface area (Å²) in [4.78, 5) is 29.3. The van der Waals surface area contributed by atoms with Crippen molar-refractivity contribution < 1.29 is 14.3 Å². The number of hydrogen-bond acceptors (Lipinski definition) is 5. The Morgan fingerprint density at radius 2 is 2.00 bits per heavy atom. The van der Waals surface area contributed by atoms with Crippen molar-refractivity contribution in [3.63, 3.8) is 0 Å². The van der Waals surface area contributed by atoms with Crippen LogP contribution in [0.4, 0.5) is 0 Å². The quantitative estimate of drug-likeness (QED) is 0.579. The van der Waals surface area contributed by atoms with Gasteiger partial charge in [-0.25, -0.2) is 4.98 Å². The molecule has 3 rings (SSSR count). The normalized spacial score (nSPS) is 18.6. The monoisotopic (exact) mass is 410 g/mol. The highest BCUT2D eigenvalue weighted by atomic mass is 16.5. The molecule has 1 aliphatic rings. The fraction of sp³-hybridized carbons (Fsp3) is 0.435. The van der Waals surface area contributed by atoms with E-state index in [1.165, 1.54) is 6.07 Å². The summed E-state index contributed by atoms with van der Waals surface area (Å²) in [6, 6.07) is 13.1. The lowest BCUT2D eigenvalue weighted by Crippen LogP contribution is -2.47. The lowest BCUT2D eigenvalue weighted by Gasteiger charge is -2.34. The standard InChI is InChI=1S/C23H30N4O3/c1-23(16-25-11-12-30-23)9-6-10-26-21(28)18-14-19(13-17-7-4-3-5-8-17)27-20(15-18)22(29)24-2/h3-5,7-8,14-15,25H,6,9-13,16H2,1-2H3,(H,24,29)(H,26,28). The average Bonchev–Trinajstić information content (AvgIpc) is 2.77. The number of nitrogens with zero attached hydrogens (tertiary/aromatic N) is 1. The van der Waals surface area contributed by atoms with Gasteiger partial charge in [-0.1, -0.05) is 30.3 Å². The summed E-state index contributed by atoms with van der Waals surface area (Å²) < 4.78 is 5.86. The Morgan fingerprint density at radius 3 is 2.70 bits per heavy atom. The highest BCUT2D eigenvalue weighted by molar-refractivity contribution is 5.98. The summed E-state index contributed by atoms with van der Waals surface area (Å²) >= 11 is 0. The van der Waals surface area contributed by atoms with Crippen molar-refractivity contribution in [2.24, 2.45) is 0 Å². The summed E-state index contributed by atoms with van der Waals surface area (Å²) in [6.45, 7) is 5.06. The van der Waals surface area contributed by atoms with Gasteiger partial charge in [-0.05, 0) is 37.5 Å². The molecule has 1 saturated heterocycles. The van der Waals surface area contributed by atoms with Crippen molar-refractivity contribution in [3.8, 4) is 0 Å². The zero-order valence-electron chi connectivity index (χ0n) is 17.7. The van der Waals surface area contributed by atoms with E-state index in [2.05, 4.69) is 27.9 Å². The van der Waals surface area contributed by atoms with Crippen LogP contribution in [0.25, 0.3) is 0 Å². The second-order valence-corrected chi connectivity index (χ2v) is 7.81. The van der Waals surface area contributed by atoms with Gasteiger partial charge in [0.2, 0.25) is 0 Å². The first-order valence-electron chi connectivity index (χ1n) is 10.4. The predicted molar refractivity (Wildman–Crippen MR) is 116 cm³/mol. The first kappa shape index (κ1) is 21.9. The minimum absolute atomic E-state index is 0.186. The molecule has 2 aromatic rings. The van der Waals surface area contributed by atoms with Crippen molar-refractivity contribution in [2.45, 2.75) is 31.8 Å². The van der Waals surface area contributed by atoms with Gasteiger partial charge < -0.3 is 20.7 Å². The number of benzene rings is 1. The molecular weight excluding hydrogens is 380 g/mol. The number of carbonyl (C=O) groups is 2. The van der Waals surface area contributed by atoms with E-state index >= 15 is 0 Å². The molecular formula is C23H30N4O3. The number of rotatable bonds is 8. The van der Waals surface area contributed by atoms with Crippen LogP contribution in [0.1, 0.15) is 51.9 Å². The number of carbonyl (C=O) groups excluding carboxylic acids is 2. The molecule has 3 N–H and O–H groups in total. The molecule has 2 heterocycles. The number of ether oxygens (including phenoxy) is 1. The highest BCUT2D eigenvalue weighted by Gasteiger charge is 2.27. The van der Waals surface area contributed by atoms with E-state index in [0.717, 1.165) is 31.5 Å². The largest absolute Gasteiger partial charge is 0.373 e. The molecule has 7 heteroatoms. The van der Waals surface area contributed by atoms with Gasteiger partial charge in [0.05, 0.1) is 12.2 Å². The summed E-state index contributed by atoms with van der Waals surface area (Å²) in [5, 5.41) is 8.88. The average molecular weight is 411 g/mol. The summed E-state index contributed by atoms with van der Waals surface area (Å²) in [6.07, 6.45) is 2.22. The Morgan fingerprint density at radius 1 is 1.20 bits per heavy atom. The Kier molecular flexibility index (Phi) is 7.54. The number of hydrogen-bond donors (Lipinski definition) is 3. The van der Waals surface area contributed by atoms with Crippen LogP contribution in [-0.2, 0) is 11.2 Å². The van der Waals surface area contributed by atoms with Crippen LogP contribution in [0.15, 0.2) is 42.5 Å². The maximum absolute atomic E-state index is 12.7. The van der Waals surface area contributed by atoms with Crippen molar-refractivity contribution in [2.75, 3.05) is 33.3 Å². The topological polar surface area (TPSA) is 92.4 Å². The lowest BCUT2D eigenvalue weighted by atomic mass is 9.98. The van der Waals surface area contributed by atoms with E-state index in [-0.39, 0.29) is 23.1 Å². The highest BCUT2D eigenvalue weighted by Crippen LogP contribution is 2.18. The van der Waals surface area contributed by atoms with E-state index in [1.54, 1.807) is 13.1 Å². The molecule has 0 saturated carbocycles. The first-order valence-corrected chi connectivity index (χ1v) is 10.4. The van der Waals surface area contributed by atoms with Crippen LogP contribution < -0.4 is 16.0 Å². The molecule has 1 unspecified atom stereocenters. The maximum Gasteiger partial charge on any atom is 0.269 e. The minimum atomic E-state index is -0.311. The number of amides is 2. The SMILES string of the molecule is CNC(=O)c1cc(C(=O)NCCCC2(C)CNCCO2)cc(Cc2ccccc2)n1. The fourth-order valence-corrected chi connectivity index (χ4v) is 3.56. The second-order valence-electron chi connectivity index (χ2n) is 7.81. The van der Waals surface area contributed by atoms with E-state index in [4.69, 9.17) is 4.74 Å². The van der Waals surface area contributed by atoms with E-state index in [0.29, 0.717) is 30.8 Å². The van der Waals surface area contributed by atoms with Gasteiger partial charge in [0.25, 0.3) is 11.8 Å². The number of aromatic nitrogens is 1. The van der Waals surface area contributed by atoms with Gasteiger partial charge in [0.1, 0.15) is 5.69 Å². The lowest BCUT2D eigenvalue weighted by molar-refractivity contribution is -0.0584. The summed E-state index contributed by atoms with van der Waals surface area (Å²) in [5.74, 6) is -0.515. The van der Waals surface area contributed by atoms with Crippen LogP contribution in [0.2, 0.25) is 0 Å². The molecule has 7 nitrogen and oxygen atoms in total.